The smallest absolute Gasteiger partial charge is 0.311 e. The quantitative estimate of drug-likeness (QED) is 0.247. The monoisotopic (exact) mass is 367 g/mol. The number of rotatable bonds is 6. The Balaban J connectivity index is 2.12. The third-order valence-electron chi connectivity index (χ3n) is 4.20. The normalized spacial score (nSPS) is 16.3. The van der Waals surface area contributed by atoms with Crippen molar-refractivity contribution in [3.63, 3.8) is 0 Å². The van der Waals surface area contributed by atoms with E-state index >= 15 is 0 Å². The molecule has 2 unspecified atom stereocenters. The SMILES string of the molecule is CC(=O)Oc1c(C)c(C)c2c(c1C)CC(CC(=O)OC(C)O[N+](=O)[O-])O2. The molecule has 2 rings (SSSR count). The van der Waals surface area contributed by atoms with Crippen LogP contribution in [-0.2, 0) is 25.6 Å². The molecule has 0 radical (unpaired) electrons. The summed E-state index contributed by atoms with van der Waals surface area (Å²) in [7, 11) is 0. The molecule has 1 aromatic carbocycles. The van der Waals surface area contributed by atoms with Crippen LogP contribution in [-0.4, -0.2) is 29.4 Å². The van der Waals surface area contributed by atoms with Crippen molar-refractivity contribution in [2.45, 2.75) is 59.9 Å². The van der Waals surface area contributed by atoms with E-state index in [1.165, 1.54) is 13.8 Å². The number of carbonyl (C=O) groups excluding carboxylic acids is 2. The maximum absolute atomic E-state index is 11.9. The van der Waals surface area contributed by atoms with Gasteiger partial charge in [-0.15, -0.1) is 10.1 Å². The van der Waals surface area contributed by atoms with Gasteiger partial charge in [-0.2, -0.15) is 0 Å². The van der Waals surface area contributed by atoms with E-state index in [0.29, 0.717) is 17.9 Å². The molecule has 1 aromatic rings. The second kappa shape index (κ2) is 7.59. The molecular weight excluding hydrogens is 346 g/mol. The fourth-order valence-electron chi connectivity index (χ4n) is 2.97. The van der Waals surface area contributed by atoms with Crippen molar-refractivity contribution in [2.75, 3.05) is 0 Å². The lowest BCUT2D eigenvalue weighted by Crippen LogP contribution is -2.25. The van der Waals surface area contributed by atoms with Crippen LogP contribution in [0, 0.1) is 30.9 Å². The maximum atomic E-state index is 11.9. The van der Waals surface area contributed by atoms with Crippen LogP contribution >= 0.6 is 0 Å². The molecule has 9 nitrogen and oxygen atoms in total. The van der Waals surface area contributed by atoms with Gasteiger partial charge in [0.1, 0.15) is 17.6 Å². The molecule has 142 valence electrons. The average Bonchev–Trinajstić information content (AvgIpc) is 2.92. The minimum absolute atomic E-state index is 0.0824. The molecule has 26 heavy (non-hydrogen) atoms. The first kappa shape index (κ1) is 19.5. The predicted octanol–water partition coefficient (Wildman–Crippen LogP) is 2.33. The van der Waals surface area contributed by atoms with Crippen LogP contribution in [0.2, 0.25) is 0 Å². The second-order valence-electron chi connectivity index (χ2n) is 6.14. The van der Waals surface area contributed by atoms with Crippen LogP contribution in [0.25, 0.3) is 0 Å². The van der Waals surface area contributed by atoms with E-state index < -0.39 is 29.4 Å². The third kappa shape index (κ3) is 4.22. The standard InChI is InChI=1S/C17H21NO8/c1-8-9(2)17-14(10(3)16(8)23-11(4)19)6-13(25-17)7-15(20)24-12(5)26-18(21)22/h12-13H,6-7H2,1-5H3. The van der Waals surface area contributed by atoms with Crippen LogP contribution in [0.4, 0.5) is 0 Å². The summed E-state index contributed by atoms with van der Waals surface area (Å²) in [6.45, 7) is 8.12. The molecule has 0 saturated carbocycles. The minimum atomic E-state index is -1.29. The van der Waals surface area contributed by atoms with Gasteiger partial charge in [0, 0.05) is 18.9 Å². The van der Waals surface area contributed by atoms with E-state index in [9.17, 15) is 19.7 Å². The van der Waals surface area contributed by atoms with Gasteiger partial charge in [0.15, 0.2) is 0 Å². The summed E-state index contributed by atoms with van der Waals surface area (Å²) < 4.78 is 16.0. The second-order valence-corrected chi connectivity index (χ2v) is 6.14. The fraction of sp³-hybridized carbons (Fsp3) is 0.529. The highest BCUT2D eigenvalue weighted by atomic mass is 17.0. The third-order valence-corrected chi connectivity index (χ3v) is 4.20. The van der Waals surface area contributed by atoms with Crippen LogP contribution < -0.4 is 9.47 Å². The Morgan fingerprint density at radius 1 is 1.27 bits per heavy atom. The molecule has 1 aliphatic heterocycles. The van der Waals surface area contributed by atoms with Gasteiger partial charge in [-0.05, 0) is 44.4 Å². The number of esters is 2. The Bertz CT molecular complexity index is 758. The van der Waals surface area contributed by atoms with Crippen LogP contribution in [0.15, 0.2) is 0 Å². The van der Waals surface area contributed by atoms with Gasteiger partial charge in [-0.3, -0.25) is 14.4 Å². The summed E-state index contributed by atoms with van der Waals surface area (Å²) in [6.07, 6.45) is -1.40. The van der Waals surface area contributed by atoms with E-state index in [0.717, 1.165) is 22.3 Å². The van der Waals surface area contributed by atoms with Crippen molar-refractivity contribution in [1.82, 2.24) is 0 Å². The summed E-state index contributed by atoms with van der Waals surface area (Å²) >= 11 is 0. The average molecular weight is 367 g/mol. The Kier molecular flexibility index (Phi) is 5.69. The Morgan fingerprint density at radius 3 is 2.50 bits per heavy atom. The number of hydrogen-bond acceptors (Lipinski definition) is 8. The van der Waals surface area contributed by atoms with Gasteiger partial charge in [-0.25, -0.2) is 0 Å². The van der Waals surface area contributed by atoms with E-state index in [-0.39, 0.29) is 6.42 Å². The first-order valence-corrected chi connectivity index (χ1v) is 8.08. The lowest BCUT2D eigenvalue weighted by molar-refractivity contribution is -0.777. The fourth-order valence-corrected chi connectivity index (χ4v) is 2.97. The zero-order chi connectivity index (χ0) is 19.6. The lowest BCUT2D eigenvalue weighted by atomic mass is 9.95. The zero-order valence-electron chi connectivity index (χ0n) is 15.3. The topological polar surface area (TPSA) is 114 Å². The van der Waals surface area contributed by atoms with Crippen molar-refractivity contribution in [3.05, 3.63) is 32.4 Å². The number of hydrogen-bond donors (Lipinski definition) is 0. The molecule has 2 atom stereocenters. The molecule has 0 N–H and O–H groups in total. The van der Waals surface area contributed by atoms with E-state index in [4.69, 9.17) is 14.2 Å². The summed E-state index contributed by atoms with van der Waals surface area (Å²) in [5.74, 6) is 0.107. The molecular formula is C17H21NO8. The zero-order valence-corrected chi connectivity index (χ0v) is 15.3. The largest absolute Gasteiger partial charge is 0.489 e. The number of fused-ring (bicyclic) bond motifs is 1. The first-order chi connectivity index (χ1) is 12.1. The summed E-state index contributed by atoms with van der Waals surface area (Å²) in [4.78, 5) is 37.6. The van der Waals surface area contributed by atoms with E-state index in [1.807, 2.05) is 20.8 Å². The molecule has 9 heteroatoms. The Hall–Kier alpha value is -2.84. The summed E-state index contributed by atoms with van der Waals surface area (Å²) in [5.41, 5.74) is 3.30. The number of nitrogens with zero attached hydrogens (tertiary/aromatic N) is 1. The minimum Gasteiger partial charge on any atom is -0.489 e. The Morgan fingerprint density at radius 2 is 1.92 bits per heavy atom. The highest BCUT2D eigenvalue weighted by molar-refractivity contribution is 5.73. The molecule has 0 saturated heterocycles. The van der Waals surface area contributed by atoms with Crippen LogP contribution in [0.3, 0.4) is 0 Å². The van der Waals surface area contributed by atoms with Crippen molar-refractivity contribution < 1.29 is 33.7 Å². The molecule has 0 fully saturated rings. The highest BCUT2D eigenvalue weighted by Crippen LogP contribution is 2.43. The highest BCUT2D eigenvalue weighted by Gasteiger charge is 2.32. The van der Waals surface area contributed by atoms with Crippen molar-refractivity contribution in [2.24, 2.45) is 0 Å². The van der Waals surface area contributed by atoms with E-state index in [2.05, 4.69) is 4.84 Å². The van der Waals surface area contributed by atoms with Crippen molar-refractivity contribution in [1.29, 1.82) is 0 Å². The first-order valence-electron chi connectivity index (χ1n) is 8.08. The number of ether oxygens (including phenoxy) is 3. The molecule has 0 amide bonds. The maximum Gasteiger partial charge on any atom is 0.311 e. The number of benzene rings is 1. The molecule has 1 heterocycles. The van der Waals surface area contributed by atoms with Gasteiger partial charge in [0.2, 0.25) is 6.29 Å². The van der Waals surface area contributed by atoms with E-state index in [1.54, 1.807) is 0 Å². The van der Waals surface area contributed by atoms with Gasteiger partial charge in [0.25, 0.3) is 5.09 Å². The molecule has 0 spiro atoms. The summed E-state index contributed by atoms with van der Waals surface area (Å²) in [5, 5.41) is 9.21. The van der Waals surface area contributed by atoms with Gasteiger partial charge >= 0.3 is 11.9 Å². The van der Waals surface area contributed by atoms with Crippen LogP contribution in [0.1, 0.15) is 42.5 Å². The lowest BCUT2D eigenvalue weighted by Gasteiger charge is -2.16. The van der Waals surface area contributed by atoms with Gasteiger partial charge in [0.05, 0.1) is 6.42 Å². The molecule has 0 aromatic heterocycles. The Labute approximate surface area is 150 Å². The number of carbonyl (C=O) groups is 2. The molecule has 0 bridgehead atoms. The van der Waals surface area contributed by atoms with Gasteiger partial charge in [-0.1, -0.05) is 0 Å². The molecule has 0 aliphatic carbocycles. The predicted molar refractivity (Wildman–Crippen MR) is 88.3 cm³/mol. The van der Waals surface area contributed by atoms with Gasteiger partial charge < -0.3 is 14.2 Å². The molecule has 1 aliphatic rings. The van der Waals surface area contributed by atoms with Crippen molar-refractivity contribution >= 4 is 11.9 Å². The van der Waals surface area contributed by atoms with Crippen LogP contribution in [0.5, 0.6) is 11.5 Å². The summed E-state index contributed by atoms with van der Waals surface area (Å²) in [6, 6.07) is 0. The van der Waals surface area contributed by atoms with Crippen molar-refractivity contribution in [3.8, 4) is 11.5 Å².